The van der Waals surface area contributed by atoms with E-state index >= 15 is 0 Å². The third-order valence-corrected chi connectivity index (χ3v) is 7.31. The number of carbonyl (C=O) groups excluding carboxylic acids is 2. The highest BCUT2D eigenvalue weighted by Crippen LogP contribution is 2.18. The van der Waals surface area contributed by atoms with Crippen molar-refractivity contribution in [1.82, 2.24) is 25.2 Å². The third-order valence-electron chi connectivity index (χ3n) is 5.95. The molecule has 0 spiro atoms. The van der Waals surface area contributed by atoms with Gasteiger partial charge in [0.15, 0.2) is 12.2 Å². The number of nitrogens with two attached hydrogens (primary N) is 3. The minimum Gasteiger partial charge on any atom is -0.370 e. The quantitative estimate of drug-likeness (QED) is 0.0756. The zero-order valence-corrected chi connectivity index (χ0v) is 22.7. The molecule has 1 aromatic carbocycles. The predicted octanol–water partition coefficient (Wildman–Crippen LogP) is -2.05. The number of likely N-dealkylation sites (N-methyl/N-ethyl adjacent to an activating group) is 1. The summed E-state index contributed by atoms with van der Waals surface area (Å²) < 4.78 is 33.8. The first-order valence-corrected chi connectivity index (χ1v) is 14.1. The second-order valence-electron chi connectivity index (χ2n) is 9.12. The second-order valence-corrected chi connectivity index (χ2v) is 10.9. The molecule has 0 radical (unpaired) electrons. The molecule has 15 heteroatoms. The van der Waals surface area contributed by atoms with E-state index in [4.69, 9.17) is 27.3 Å². The van der Waals surface area contributed by atoms with E-state index in [2.05, 4.69) is 15.4 Å². The molecule has 2 unspecified atom stereocenters. The van der Waals surface area contributed by atoms with Crippen LogP contribution in [0.25, 0.3) is 0 Å². The maximum absolute atomic E-state index is 13.2. The van der Waals surface area contributed by atoms with Crippen molar-refractivity contribution < 1.29 is 22.7 Å². The number of nitrogens with one attached hydrogen (secondary N) is 4. The van der Waals surface area contributed by atoms with Crippen molar-refractivity contribution >= 4 is 27.8 Å². The smallest absolute Gasteiger partial charge is 0.241 e. The molecule has 14 nitrogen and oxygen atoms in total. The van der Waals surface area contributed by atoms with Crippen LogP contribution in [0.3, 0.4) is 0 Å². The Labute approximate surface area is 224 Å². The van der Waals surface area contributed by atoms with Crippen LogP contribution >= 0.6 is 0 Å². The highest BCUT2D eigenvalue weighted by Gasteiger charge is 2.34. The lowest BCUT2D eigenvalue weighted by atomic mass is 10.0. The van der Waals surface area contributed by atoms with Gasteiger partial charge in [0.05, 0.1) is 18.3 Å². The number of rotatable bonds is 14. The average Bonchev–Trinajstić information content (AvgIpc) is 2.83. The van der Waals surface area contributed by atoms with Crippen LogP contribution in [0.1, 0.15) is 31.7 Å². The van der Waals surface area contributed by atoms with Crippen molar-refractivity contribution in [3.05, 3.63) is 35.9 Å². The highest BCUT2D eigenvalue weighted by atomic mass is 32.2. The van der Waals surface area contributed by atoms with E-state index in [-0.39, 0.29) is 31.2 Å². The molecule has 0 aromatic heterocycles. The first-order chi connectivity index (χ1) is 17.9. The number of likely N-dealkylation sites (tertiary alicyclic amines) is 1. The Kier molecular flexibility index (Phi) is 12.3. The maximum atomic E-state index is 13.2. The van der Waals surface area contributed by atoms with Crippen molar-refractivity contribution in [3.63, 3.8) is 0 Å². The minimum absolute atomic E-state index is 0.0618. The Morgan fingerprint density at radius 3 is 2.55 bits per heavy atom. The molecule has 214 valence electrons. The van der Waals surface area contributed by atoms with Crippen molar-refractivity contribution in [1.29, 1.82) is 5.41 Å². The summed E-state index contributed by atoms with van der Waals surface area (Å²) in [6.45, 7) is 2.57. The van der Waals surface area contributed by atoms with Crippen LogP contribution in [0.5, 0.6) is 0 Å². The van der Waals surface area contributed by atoms with E-state index in [9.17, 15) is 18.0 Å². The van der Waals surface area contributed by atoms with Crippen molar-refractivity contribution in [2.75, 3.05) is 33.3 Å². The van der Waals surface area contributed by atoms with Crippen molar-refractivity contribution in [3.8, 4) is 0 Å². The van der Waals surface area contributed by atoms with Gasteiger partial charge >= 0.3 is 0 Å². The minimum atomic E-state index is -3.88. The first kappa shape index (κ1) is 31.4. The molecule has 1 heterocycles. The second kappa shape index (κ2) is 14.9. The fourth-order valence-corrected chi connectivity index (χ4v) is 5.60. The van der Waals surface area contributed by atoms with Crippen molar-refractivity contribution in [2.45, 2.75) is 56.5 Å². The van der Waals surface area contributed by atoms with E-state index < -0.39 is 46.4 Å². The predicted molar refractivity (Wildman–Crippen MR) is 144 cm³/mol. The van der Waals surface area contributed by atoms with Gasteiger partial charge in [-0.2, -0.15) is 0 Å². The fraction of sp³-hybridized carbons (Fsp3) is 0.609. The number of guanidine groups is 1. The van der Waals surface area contributed by atoms with E-state index in [1.165, 1.54) is 7.05 Å². The van der Waals surface area contributed by atoms with Gasteiger partial charge in [-0.25, -0.2) is 13.1 Å². The monoisotopic (exact) mass is 555 g/mol. The van der Waals surface area contributed by atoms with E-state index in [0.717, 1.165) is 4.90 Å². The van der Waals surface area contributed by atoms with Gasteiger partial charge in [-0.15, -0.1) is 0 Å². The van der Waals surface area contributed by atoms with E-state index in [0.29, 0.717) is 31.6 Å². The summed E-state index contributed by atoms with van der Waals surface area (Å²) in [5.74, 6) is -1.49. The molecule has 1 aliphatic heterocycles. The van der Waals surface area contributed by atoms with Gasteiger partial charge in [-0.1, -0.05) is 30.3 Å². The molecule has 38 heavy (non-hydrogen) atoms. The summed E-state index contributed by atoms with van der Waals surface area (Å²) in [7, 11) is -2.46. The lowest BCUT2D eigenvalue weighted by Crippen LogP contribution is -2.60. The Morgan fingerprint density at radius 1 is 1.26 bits per heavy atom. The zero-order chi connectivity index (χ0) is 28.3. The van der Waals surface area contributed by atoms with E-state index in [1.54, 1.807) is 35.2 Å². The van der Waals surface area contributed by atoms with Crippen LogP contribution in [0.15, 0.2) is 30.3 Å². The van der Waals surface area contributed by atoms with Crippen LogP contribution in [-0.4, -0.2) is 93.9 Å². The Hall–Kier alpha value is -2.82. The van der Waals surface area contributed by atoms with Gasteiger partial charge in [0.2, 0.25) is 21.8 Å². The normalized spacial score (nSPS) is 18.7. The maximum Gasteiger partial charge on any atom is 0.241 e. The Morgan fingerprint density at radius 2 is 1.95 bits per heavy atom. The lowest BCUT2D eigenvalue weighted by molar-refractivity contribution is -0.137. The number of carbonyl (C=O) groups is 2. The molecule has 0 bridgehead atoms. The number of benzene rings is 1. The van der Waals surface area contributed by atoms with Crippen LogP contribution in [0, 0.1) is 5.41 Å². The summed E-state index contributed by atoms with van der Waals surface area (Å²) in [5.41, 5.74) is 17.3. The van der Waals surface area contributed by atoms with Crippen LogP contribution in [0.4, 0.5) is 0 Å². The molecule has 1 fully saturated rings. The summed E-state index contributed by atoms with van der Waals surface area (Å²) in [6.07, 6.45) is -0.0551. The van der Waals surface area contributed by atoms with Crippen LogP contribution in [-0.2, 0) is 30.1 Å². The van der Waals surface area contributed by atoms with Crippen LogP contribution < -0.4 is 32.6 Å². The molecule has 1 aliphatic rings. The highest BCUT2D eigenvalue weighted by molar-refractivity contribution is 7.88. The van der Waals surface area contributed by atoms with Gasteiger partial charge in [-0.3, -0.25) is 20.3 Å². The van der Waals surface area contributed by atoms with Gasteiger partial charge in [0.1, 0.15) is 12.3 Å². The fourth-order valence-electron chi connectivity index (χ4n) is 4.24. The number of piperidine rings is 1. The van der Waals surface area contributed by atoms with Gasteiger partial charge in [0, 0.05) is 20.2 Å². The molecule has 0 saturated carbocycles. The Balaban J connectivity index is 2.06. The SMILES string of the molecule is CCOC1C(NC(=O)CN(C)C(=O)[C@@H](CCNC(N)N)NS(=O)(=O)Cc2ccccc2)CCCN1C(=N)N. The molecule has 2 rings (SSSR count). The number of hydrogen-bond acceptors (Lipinski definition) is 9. The number of nitrogens with zero attached hydrogens (tertiary/aromatic N) is 2. The van der Waals surface area contributed by atoms with Gasteiger partial charge in [-0.05, 0) is 38.3 Å². The average molecular weight is 556 g/mol. The molecular formula is C23H41N9O5S. The molecular weight excluding hydrogens is 514 g/mol. The Bertz CT molecular complexity index is 1030. The number of ether oxygens (including phenoxy) is 1. The molecule has 3 atom stereocenters. The summed E-state index contributed by atoms with van der Waals surface area (Å²) in [6, 6.07) is 7.00. The largest absolute Gasteiger partial charge is 0.370 e. The summed E-state index contributed by atoms with van der Waals surface area (Å²) in [4.78, 5) is 28.8. The lowest BCUT2D eigenvalue weighted by Gasteiger charge is -2.41. The van der Waals surface area contributed by atoms with E-state index in [1.807, 2.05) is 6.92 Å². The summed E-state index contributed by atoms with van der Waals surface area (Å²) >= 11 is 0. The number of sulfonamides is 1. The molecule has 2 amide bonds. The molecule has 1 aromatic rings. The van der Waals surface area contributed by atoms with Gasteiger partial charge < -0.3 is 37.1 Å². The molecule has 10 N–H and O–H groups in total. The third kappa shape index (κ3) is 10.2. The number of amides is 2. The zero-order valence-electron chi connectivity index (χ0n) is 21.9. The summed E-state index contributed by atoms with van der Waals surface area (Å²) in [5, 5.41) is 13.4. The first-order valence-electron chi connectivity index (χ1n) is 12.5. The molecule has 1 saturated heterocycles. The van der Waals surface area contributed by atoms with Crippen LogP contribution in [0.2, 0.25) is 0 Å². The standard InChI is InChI=1S/C23H41N9O5S/c1-3-37-21-18(10-7-13-32(21)23(26)27)29-19(33)14-31(2)20(34)17(11-12-28-22(24)25)30-38(35,36)15-16-8-5-4-6-9-16/h4-6,8-9,17-18,21-22,28,30H,3,7,10-15,24-25H2,1-2H3,(H3,26,27)(H,29,33)/t17-,18?,21?/m1/s1. The topological polar surface area (TPSA) is 222 Å². The van der Waals surface area contributed by atoms with Gasteiger partial charge in [0.25, 0.3) is 0 Å². The number of hydrogen-bond donors (Lipinski definition) is 7. The molecule has 0 aliphatic carbocycles. The van der Waals surface area contributed by atoms with Crippen molar-refractivity contribution in [2.24, 2.45) is 17.2 Å².